The van der Waals surface area contributed by atoms with Crippen molar-refractivity contribution < 1.29 is 4.79 Å². The van der Waals surface area contributed by atoms with Crippen LogP contribution >= 0.6 is 0 Å². The summed E-state index contributed by atoms with van der Waals surface area (Å²) in [5.74, 6) is 1.31. The molecule has 0 aromatic heterocycles. The van der Waals surface area contributed by atoms with Crippen molar-refractivity contribution in [1.29, 1.82) is 0 Å². The van der Waals surface area contributed by atoms with E-state index in [9.17, 15) is 4.79 Å². The predicted molar refractivity (Wildman–Crippen MR) is 70.8 cm³/mol. The summed E-state index contributed by atoms with van der Waals surface area (Å²) in [7, 11) is 0. The number of rotatable bonds is 5. The largest absolute Gasteiger partial charge is 0.299 e. The normalized spacial score (nSPS) is 23.9. The molecule has 0 aliphatic heterocycles. The number of allylic oxidation sites excluding steroid dienone is 1. The summed E-state index contributed by atoms with van der Waals surface area (Å²) in [4.78, 5) is 11.9. The molecule has 1 heteroatoms. The second kappa shape index (κ2) is 5.81. The Morgan fingerprint density at radius 3 is 2.76 bits per heavy atom. The van der Waals surface area contributed by atoms with Crippen molar-refractivity contribution in [2.24, 2.45) is 11.8 Å². The molecular formula is C16H20O. The zero-order valence-electron chi connectivity index (χ0n) is 10.3. The zero-order valence-corrected chi connectivity index (χ0v) is 10.3. The average molecular weight is 228 g/mol. The van der Waals surface area contributed by atoms with Crippen LogP contribution < -0.4 is 0 Å². The van der Waals surface area contributed by atoms with Gasteiger partial charge in [0.2, 0.25) is 0 Å². The summed E-state index contributed by atoms with van der Waals surface area (Å²) in [5, 5.41) is 0. The molecule has 1 aromatic rings. The van der Waals surface area contributed by atoms with Crippen molar-refractivity contribution in [3.63, 3.8) is 0 Å². The minimum Gasteiger partial charge on any atom is -0.299 e. The van der Waals surface area contributed by atoms with Crippen molar-refractivity contribution in [2.45, 2.75) is 32.1 Å². The number of hydrogen-bond donors (Lipinski definition) is 0. The molecule has 0 bridgehead atoms. The van der Waals surface area contributed by atoms with E-state index < -0.39 is 0 Å². The molecule has 2 unspecified atom stereocenters. The van der Waals surface area contributed by atoms with Gasteiger partial charge in [-0.05, 0) is 37.2 Å². The van der Waals surface area contributed by atoms with E-state index in [-0.39, 0.29) is 5.92 Å². The maximum absolute atomic E-state index is 11.9. The van der Waals surface area contributed by atoms with Crippen molar-refractivity contribution in [1.82, 2.24) is 0 Å². The van der Waals surface area contributed by atoms with E-state index in [0.29, 0.717) is 11.7 Å². The van der Waals surface area contributed by atoms with Gasteiger partial charge >= 0.3 is 0 Å². The summed E-state index contributed by atoms with van der Waals surface area (Å²) < 4.78 is 0. The number of carbonyl (C=O) groups excluding carboxylic acids is 1. The van der Waals surface area contributed by atoms with Crippen LogP contribution in [0.2, 0.25) is 0 Å². The number of carbonyl (C=O) groups is 1. The average Bonchev–Trinajstić information content (AvgIpc) is 2.69. The molecule has 1 aromatic carbocycles. The van der Waals surface area contributed by atoms with E-state index in [1.807, 2.05) is 24.3 Å². The number of hydrogen-bond acceptors (Lipinski definition) is 1. The van der Waals surface area contributed by atoms with Gasteiger partial charge in [-0.2, -0.15) is 0 Å². The van der Waals surface area contributed by atoms with Gasteiger partial charge in [-0.1, -0.05) is 36.4 Å². The lowest BCUT2D eigenvalue weighted by Gasteiger charge is -2.09. The van der Waals surface area contributed by atoms with Crippen molar-refractivity contribution in [3.05, 3.63) is 48.6 Å². The number of ketones is 1. The Balaban J connectivity index is 1.90. The van der Waals surface area contributed by atoms with Crippen LogP contribution in [0.1, 0.15) is 31.2 Å². The third-order valence-electron chi connectivity index (χ3n) is 3.67. The molecule has 1 fully saturated rings. The number of benzene rings is 1. The van der Waals surface area contributed by atoms with Gasteiger partial charge in [0.05, 0.1) is 0 Å². The minimum absolute atomic E-state index is 0.257. The Kier molecular flexibility index (Phi) is 4.13. The molecule has 17 heavy (non-hydrogen) atoms. The van der Waals surface area contributed by atoms with Gasteiger partial charge in [-0.25, -0.2) is 0 Å². The molecule has 2 atom stereocenters. The van der Waals surface area contributed by atoms with E-state index in [4.69, 9.17) is 0 Å². The van der Waals surface area contributed by atoms with Crippen LogP contribution in [-0.2, 0) is 11.2 Å². The highest BCUT2D eigenvalue weighted by Gasteiger charge is 2.31. The third-order valence-corrected chi connectivity index (χ3v) is 3.67. The number of Topliss-reactive ketones (excluding diaryl/α,β-unsaturated/α-hetero) is 1. The van der Waals surface area contributed by atoms with E-state index in [2.05, 4.69) is 18.7 Å². The van der Waals surface area contributed by atoms with Gasteiger partial charge in [-0.15, -0.1) is 6.58 Å². The molecule has 0 amide bonds. The summed E-state index contributed by atoms with van der Waals surface area (Å²) in [5.41, 5.74) is 1.29. The van der Waals surface area contributed by atoms with Crippen LogP contribution in [0, 0.1) is 11.8 Å². The first kappa shape index (κ1) is 12.1. The van der Waals surface area contributed by atoms with Crippen LogP contribution in [0.25, 0.3) is 0 Å². The topological polar surface area (TPSA) is 17.1 Å². The van der Waals surface area contributed by atoms with E-state index >= 15 is 0 Å². The monoisotopic (exact) mass is 228 g/mol. The first-order valence-electron chi connectivity index (χ1n) is 6.47. The lowest BCUT2D eigenvalue weighted by Crippen LogP contribution is -2.09. The second-order valence-electron chi connectivity index (χ2n) is 5.02. The first-order chi connectivity index (χ1) is 8.29. The van der Waals surface area contributed by atoms with Gasteiger partial charge in [0.25, 0.3) is 0 Å². The maximum atomic E-state index is 11.9. The van der Waals surface area contributed by atoms with E-state index in [1.54, 1.807) is 0 Å². The van der Waals surface area contributed by atoms with Crippen LogP contribution in [0.15, 0.2) is 43.0 Å². The predicted octanol–water partition coefficient (Wildman–Crippen LogP) is 3.79. The Morgan fingerprint density at radius 1 is 1.29 bits per heavy atom. The molecule has 1 aliphatic carbocycles. The highest BCUT2D eigenvalue weighted by molar-refractivity contribution is 5.83. The van der Waals surface area contributed by atoms with Crippen molar-refractivity contribution in [3.8, 4) is 0 Å². The molecule has 0 heterocycles. The zero-order chi connectivity index (χ0) is 12.1. The SMILES string of the molecule is C=CCCC1CC(=O)C(Cc2ccccc2)C1. The van der Waals surface area contributed by atoms with Crippen molar-refractivity contribution in [2.75, 3.05) is 0 Å². The van der Waals surface area contributed by atoms with Crippen LogP contribution in [0.4, 0.5) is 0 Å². The molecule has 2 rings (SSSR count). The fourth-order valence-corrected chi connectivity index (χ4v) is 2.74. The van der Waals surface area contributed by atoms with Crippen LogP contribution in [0.5, 0.6) is 0 Å². The molecule has 1 nitrogen and oxygen atoms in total. The molecule has 90 valence electrons. The van der Waals surface area contributed by atoms with Gasteiger partial charge in [0, 0.05) is 12.3 Å². The second-order valence-corrected chi connectivity index (χ2v) is 5.02. The lowest BCUT2D eigenvalue weighted by molar-refractivity contribution is -0.120. The maximum Gasteiger partial charge on any atom is 0.136 e. The van der Waals surface area contributed by atoms with Gasteiger partial charge in [0.15, 0.2) is 0 Å². The van der Waals surface area contributed by atoms with Gasteiger partial charge < -0.3 is 0 Å². The smallest absolute Gasteiger partial charge is 0.136 e. The molecular weight excluding hydrogens is 208 g/mol. The lowest BCUT2D eigenvalue weighted by atomic mass is 9.95. The van der Waals surface area contributed by atoms with Gasteiger partial charge in [0.1, 0.15) is 5.78 Å². The van der Waals surface area contributed by atoms with Gasteiger partial charge in [-0.3, -0.25) is 4.79 Å². The van der Waals surface area contributed by atoms with E-state index in [0.717, 1.165) is 32.1 Å². The Hall–Kier alpha value is -1.37. The fraction of sp³-hybridized carbons (Fsp3) is 0.438. The summed E-state index contributed by atoms with van der Waals surface area (Å²) >= 11 is 0. The Morgan fingerprint density at radius 2 is 2.06 bits per heavy atom. The first-order valence-corrected chi connectivity index (χ1v) is 6.47. The molecule has 0 spiro atoms. The third kappa shape index (κ3) is 3.29. The van der Waals surface area contributed by atoms with E-state index in [1.165, 1.54) is 5.56 Å². The summed E-state index contributed by atoms with van der Waals surface area (Å²) in [6.45, 7) is 3.74. The summed E-state index contributed by atoms with van der Waals surface area (Å²) in [6.07, 6.45) is 6.89. The van der Waals surface area contributed by atoms with Crippen LogP contribution in [0.3, 0.4) is 0 Å². The molecule has 0 N–H and O–H groups in total. The molecule has 0 saturated heterocycles. The standard InChI is InChI=1S/C16H20O/c1-2-3-7-14-11-15(16(17)12-14)10-13-8-5-4-6-9-13/h2,4-6,8-9,14-15H,1,3,7,10-12H2. The summed E-state index contributed by atoms with van der Waals surface area (Å²) in [6, 6.07) is 10.3. The highest BCUT2D eigenvalue weighted by Crippen LogP contribution is 2.33. The van der Waals surface area contributed by atoms with Crippen molar-refractivity contribution >= 4 is 5.78 Å². The molecule has 1 saturated carbocycles. The quantitative estimate of drug-likeness (QED) is 0.701. The Labute approximate surface area is 104 Å². The highest BCUT2D eigenvalue weighted by atomic mass is 16.1. The minimum atomic E-state index is 0.257. The van der Waals surface area contributed by atoms with Crippen LogP contribution in [-0.4, -0.2) is 5.78 Å². The molecule has 1 aliphatic rings. The Bertz CT molecular complexity index is 380. The fourth-order valence-electron chi connectivity index (χ4n) is 2.74. The molecule has 0 radical (unpaired) electrons.